The number of likely N-dealkylation sites (N-methyl/N-ethyl adjacent to an activating group) is 1. The first-order valence-electron chi connectivity index (χ1n) is 9.25. The lowest BCUT2D eigenvalue weighted by Crippen LogP contribution is -2.50. The summed E-state index contributed by atoms with van der Waals surface area (Å²) in [5, 5.41) is 4.13. The van der Waals surface area contributed by atoms with Crippen LogP contribution >= 0.6 is 34.8 Å². The van der Waals surface area contributed by atoms with E-state index in [1.807, 2.05) is 13.8 Å². The Morgan fingerprint density at radius 2 is 1.72 bits per heavy atom. The summed E-state index contributed by atoms with van der Waals surface area (Å²) < 4.78 is 5.59. The van der Waals surface area contributed by atoms with Crippen molar-refractivity contribution >= 4 is 46.6 Å². The molecule has 0 fully saturated rings. The van der Waals surface area contributed by atoms with Crippen LogP contribution in [0.5, 0.6) is 5.75 Å². The van der Waals surface area contributed by atoms with Gasteiger partial charge in [0.1, 0.15) is 11.8 Å². The van der Waals surface area contributed by atoms with Gasteiger partial charge in [0.2, 0.25) is 5.91 Å². The Morgan fingerprint density at radius 1 is 1.07 bits per heavy atom. The number of hydrogen-bond acceptors (Lipinski definition) is 3. The second kappa shape index (κ2) is 11.3. The van der Waals surface area contributed by atoms with Crippen LogP contribution in [0, 0.1) is 0 Å². The lowest BCUT2D eigenvalue weighted by molar-refractivity contribution is -0.142. The van der Waals surface area contributed by atoms with Gasteiger partial charge in [-0.25, -0.2) is 0 Å². The number of carbonyl (C=O) groups excluding carboxylic acids is 2. The molecule has 29 heavy (non-hydrogen) atoms. The highest BCUT2D eigenvalue weighted by Crippen LogP contribution is 2.27. The summed E-state index contributed by atoms with van der Waals surface area (Å²) in [6.45, 7) is 3.96. The van der Waals surface area contributed by atoms with Crippen molar-refractivity contribution in [2.75, 3.05) is 13.2 Å². The van der Waals surface area contributed by atoms with Crippen LogP contribution in [0.3, 0.4) is 0 Å². The molecule has 2 aromatic rings. The molecule has 2 amide bonds. The van der Waals surface area contributed by atoms with E-state index in [1.54, 1.807) is 42.5 Å². The number of nitrogens with zero attached hydrogens (tertiary/aromatic N) is 1. The first kappa shape index (κ1) is 23.3. The fraction of sp³-hybridized carbons (Fsp3) is 0.333. The van der Waals surface area contributed by atoms with Crippen molar-refractivity contribution in [1.29, 1.82) is 0 Å². The summed E-state index contributed by atoms with van der Waals surface area (Å²) >= 11 is 18.5. The largest absolute Gasteiger partial charge is 0.484 e. The van der Waals surface area contributed by atoms with Gasteiger partial charge in [0.05, 0.1) is 0 Å². The fourth-order valence-corrected chi connectivity index (χ4v) is 3.55. The van der Waals surface area contributed by atoms with Crippen molar-refractivity contribution in [2.24, 2.45) is 0 Å². The lowest BCUT2D eigenvalue weighted by Gasteiger charge is -2.31. The molecule has 0 aromatic heterocycles. The first-order valence-corrected chi connectivity index (χ1v) is 10.4. The number of carbonyl (C=O) groups is 2. The van der Waals surface area contributed by atoms with Crippen molar-refractivity contribution in [3.05, 3.63) is 63.1 Å². The van der Waals surface area contributed by atoms with Gasteiger partial charge >= 0.3 is 0 Å². The average molecular weight is 458 g/mol. The van der Waals surface area contributed by atoms with Crippen molar-refractivity contribution in [2.45, 2.75) is 32.9 Å². The van der Waals surface area contributed by atoms with Crippen LogP contribution in [-0.2, 0) is 16.1 Å². The highest BCUT2D eigenvalue weighted by atomic mass is 35.5. The van der Waals surface area contributed by atoms with E-state index >= 15 is 0 Å². The van der Waals surface area contributed by atoms with Gasteiger partial charge in [-0.15, -0.1) is 0 Å². The molecule has 0 radical (unpaired) electrons. The summed E-state index contributed by atoms with van der Waals surface area (Å²) in [7, 11) is 0. The third kappa shape index (κ3) is 6.53. The Kier molecular flexibility index (Phi) is 9.08. The maximum absolute atomic E-state index is 13.0. The van der Waals surface area contributed by atoms with E-state index in [1.165, 1.54) is 4.90 Å². The summed E-state index contributed by atoms with van der Waals surface area (Å²) in [6.07, 6.45) is 0.427. The lowest BCUT2D eigenvalue weighted by atomic mass is 10.1. The SMILES string of the molecule is CCNC(=O)[C@@H](CC)N(Cc1c(Cl)cccc1Cl)C(=O)COc1cccc(Cl)c1. The van der Waals surface area contributed by atoms with E-state index in [0.29, 0.717) is 39.3 Å². The molecule has 0 bridgehead atoms. The Balaban J connectivity index is 2.27. The van der Waals surface area contributed by atoms with Crippen molar-refractivity contribution in [3.8, 4) is 5.75 Å². The van der Waals surface area contributed by atoms with Gasteiger partial charge in [0.25, 0.3) is 5.91 Å². The van der Waals surface area contributed by atoms with Crippen LogP contribution < -0.4 is 10.1 Å². The molecule has 0 aliphatic rings. The van der Waals surface area contributed by atoms with Crippen molar-refractivity contribution in [3.63, 3.8) is 0 Å². The summed E-state index contributed by atoms with van der Waals surface area (Å²) in [4.78, 5) is 27.1. The van der Waals surface area contributed by atoms with Crippen LogP contribution in [0.1, 0.15) is 25.8 Å². The molecule has 0 aliphatic heterocycles. The number of nitrogens with one attached hydrogen (secondary N) is 1. The normalized spacial score (nSPS) is 11.6. The standard InChI is InChI=1S/C21H23Cl3N2O3/c1-3-19(21(28)25-4-2)26(12-16-17(23)9-6-10-18(16)24)20(27)13-29-15-8-5-7-14(22)11-15/h5-11,19H,3-4,12-13H2,1-2H3,(H,25,28)/t19-/m1/s1. The number of halogens is 3. The van der Waals surface area contributed by atoms with Gasteiger partial charge < -0.3 is 15.0 Å². The molecule has 5 nitrogen and oxygen atoms in total. The average Bonchev–Trinajstić information content (AvgIpc) is 2.68. The van der Waals surface area contributed by atoms with Gasteiger partial charge in [-0.1, -0.05) is 53.9 Å². The van der Waals surface area contributed by atoms with Gasteiger partial charge in [-0.2, -0.15) is 0 Å². The summed E-state index contributed by atoms with van der Waals surface area (Å²) in [5.41, 5.74) is 0.578. The van der Waals surface area contributed by atoms with E-state index in [2.05, 4.69) is 5.32 Å². The molecular formula is C21H23Cl3N2O3. The van der Waals surface area contributed by atoms with Gasteiger partial charge in [0.15, 0.2) is 6.61 Å². The predicted octanol–water partition coefficient (Wildman–Crippen LogP) is 4.97. The van der Waals surface area contributed by atoms with E-state index in [4.69, 9.17) is 39.5 Å². The Bertz CT molecular complexity index is 841. The molecule has 0 unspecified atom stereocenters. The van der Waals surface area contributed by atoms with Crippen LogP contribution in [-0.4, -0.2) is 35.9 Å². The minimum Gasteiger partial charge on any atom is -0.484 e. The topological polar surface area (TPSA) is 58.6 Å². The molecule has 0 spiro atoms. The Hall–Kier alpha value is -1.95. The minimum absolute atomic E-state index is 0.0892. The second-order valence-electron chi connectivity index (χ2n) is 6.29. The molecule has 0 aliphatic carbocycles. The number of benzene rings is 2. The number of rotatable bonds is 9. The summed E-state index contributed by atoms with van der Waals surface area (Å²) in [6, 6.07) is 11.2. The van der Waals surface area contributed by atoms with Crippen LogP contribution in [0.4, 0.5) is 0 Å². The molecule has 2 rings (SSSR count). The van der Waals surface area contributed by atoms with Crippen molar-refractivity contribution in [1.82, 2.24) is 10.2 Å². The summed E-state index contributed by atoms with van der Waals surface area (Å²) in [5.74, 6) is -0.138. The minimum atomic E-state index is -0.683. The smallest absolute Gasteiger partial charge is 0.261 e. The van der Waals surface area contributed by atoms with Crippen LogP contribution in [0.2, 0.25) is 15.1 Å². The first-order chi connectivity index (χ1) is 13.9. The molecular weight excluding hydrogens is 435 g/mol. The number of hydrogen-bond donors (Lipinski definition) is 1. The monoisotopic (exact) mass is 456 g/mol. The van der Waals surface area contributed by atoms with E-state index in [0.717, 1.165) is 0 Å². The van der Waals surface area contributed by atoms with E-state index in [-0.39, 0.29) is 25.0 Å². The maximum atomic E-state index is 13.0. The molecule has 156 valence electrons. The van der Waals surface area contributed by atoms with Crippen LogP contribution in [0.15, 0.2) is 42.5 Å². The zero-order chi connectivity index (χ0) is 21.4. The van der Waals surface area contributed by atoms with Crippen molar-refractivity contribution < 1.29 is 14.3 Å². The zero-order valence-corrected chi connectivity index (χ0v) is 18.5. The van der Waals surface area contributed by atoms with E-state index < -0.39 is 6.04 Å². The highest BCUT2D eigenvalue weighted by molar-refractivity contribution is 6.36. The van der Waals surface area contributed by atoms with Gasteiger partial charge in [0, 0.05) is 33.7 Å². The second-order valence-corrected chi connectivity index (χ2v) is 7.54. The van der Waals surface area contributed by atoms with E-state index in [9.17, 15) is 9.59 Å². The molecule has 0 heterocycles. The Labute approximate surface area is 185 Å². The molecule has 1 N–H and O–H groups in total. The number of ether oxygens (including phenoxy) is 1. The number of amides is 2. The Morgan fingerprint density at radius 3 is 2.31 bits per heavy atom. The third-order valence-electron chi connectivity index (χ3n) is 4.29. The molecule has 8 heteroatoms. The molecule has 1 atom stereocenters. The zero-order valence-electron chi connectivity index (χ0n) is 16.3. The fourth-order valence-electron chi connectivity index (χ4n) is 2.85. The van der Waals surface area contributed by atoms with Crippen LogP contribution in [0.25, 0.3) is 0 Å². The van der Waals surface area contributed by atoms with Gasteiger partial charge in [-0.05, 0) is 43.7 Å². The maximum Gasteiger partial charge on any atom is 0.261 e. The third-order valence-corrected chi connectivity index (χ3v) is 5.23. The quantitative estimate of drug-likeness (QED) is 0.578. The molecule has 0 saturated carbocycles. The predicted molar refractivity (Wildman–Crippen MR) is 117 cm³/mol. The highest BCUT2D eigenvalue weighted by Gasteiger charge is 2.29. The molecule has 2 aromatic carbocycles. The molecule has 0 saturated heterocycles. The van der Waals surface area contributed by atoms with Gasteiger partial charge in [-0.3, -0.25) is 9.59 Å².